The molecule has 0 aliphatic heterocycles. The van der Waals surface area contributed by atoms with Crippen LogP contribution >= 0.6 is 0 Å². The lowest BCUT2D eigenvalue weighted by Crippen LogP contribution is -2.24. The third kappa shape index (κ3) is 5.48. The van der Waals surface area contributed by atoms with E-state index in [2.05, 4.69) is 11.2 Å². The summed E-state index contributed by atoms with van der Waals surface area (Å²) in [4.78, 5) is 0. The van der Waals surface area contributed by atoms with E-state index in [0.29, 0.717) is 13.1 Å². The van der Waals surface area contributed by atoms with Crippen LogP contribution in [0.15, 0.2) is 0 Å². The van der Waals surface area contributed by atoms with Gasteiger partial charge in [0.25, 0.3) is 0 Å². The Labute approximate surface area is 49.9 Å². The molecule has 0 heterocycles. The van der Waals surface area contributed by atoms with Gasteiger partial charge in [-0.2, -0.15) is 0 Å². The molecule has 0 aromatic carbocycles. The second-order valence-corrected chi connectivity index (χ2v) is 1.68. The Morgan fingerprint density at radius 1 is 1.88 bits per heavy atom. The number of nitrogens with one attached hydrogen (secondary N) is 1. The van der Waals surface area contributed by atoms with Crippen molar-refractivity contribution in [3.63, 3.8) is 0 Å². The average molecular weight is 113 g/mol. The number of hydrogen-bond acceptors (Lipinski definition) is 2. The highest BCUT2D eigenvalue weighted by Gasteiger charge is 1.89. The van der Waals surface area contributed by atoms with E-state index in [0.717, 1.165) is 0 Å². The van der Waals surface area contributed by atoms with Crippen LogP contribution in [0.1, 0.15) is 6.92 Å². The van der Waals surface area contributed by atoms with E-state index in [1.165, 1.54) is 0 Å². The zero-order valence-electron chi connectivity index (χ0n) is 5.02. The van der Waals surface area contributed by atoms with Crippen LogP contribution in [0.4, 0.5) is 0 Å². The van der Waals surface area contributed by atoms with Crippen molar-refractivity contribution in [2.75, 3.05) is 13.1 Å². The van der Waals surface area contributed by atoms with Crippen LogP contribution in [0.2, 0.25) is 0 Å². The maximum absolute atomic E-state index is 8.65. The van der Waals surface area contributed by atoms with Crippen LogP contribution in [-0.2, 0) is 0 Å². The van der Waals surface area contributed by atoms with Crippen LogP contribution in [0.3, 0.4) is 0 Å². The smallest absolute Gasteiger partial charge is 0.0636 e. The molecule has 0 amide bonds. The van der Waals surface area contributed by atoms with Gasteiger partial charge in [-0.1, -0.05) is 5.92 Å². The fourth-order valence-electron chi connectivity index (χ4n) is 0.353. The van der Waals surface area contributed by atoms with E-state index in [1.807, 2.05) is 0 Å². The van der Waals surface area contributed by atoms with Gasteiger partial charge in [-0.3, -0.25) is 0 Å². The Bertz CT molecular complexity index is 83.0. The van der Waals surface area contributed by atoms with Crippen LogP contribution in [-0.4, -0.2) is 24.3 Å². The molecule has 0 fully saturated rings. The van der Waals surface area contributed by atoms with Gasteiger partial charge in [0, 0.05) is 6.54 Å². The molecule has 2 nitrogen and oxygen atoms in total. The summed E-state index contributed by atoms with van der Waals surface area (Å²) >= 11 is 0. The van der Waals surface area contributed by atoms with Gasteiger partial charge < -0.3 is 10.4 Å². The molecule has 0 saturated carbocycles. The Kier molecular flexibility index (Phi) is 4.33. The second kappa shape index (κ2) is 4.63. The van der Waals surface area contributed by atoms with Crippen LogP contribution in [0, 0.1) is 12.3 Å². The highest BCUT2D eigenvalue weighted by molar-refractivity contribution is 4.86. The van der Waals surface area contributed by atoms with Crippen LogP contribution < -0.4 is 5.32 Å². The summed E-state index contributed by atoms with van der Waals surface area (Å²) in [5.74, 6) is 2.40. The fraction of sp³-hybridized carbons (Fsp3) is 0.667. The monoisotopic (exact) mass is 113 g/mol. The molecule has 0 saturated heterocycles. The summed E-state index contributed by atoms with van der Waals surface area (Å²) in [6.07, 6.45) is 4.62. The molecule has 0 aliphatic carbocycles. The van der Waals surface area contributed by atoms with Crippen molar-refractivity contribution in [1.29, 1.82) is 0 Å². The number of hydrogen-bond donors (Lipinski definition) is 2. The summed E-state index contributed by atoms with van der Waals surface area (Å²) in [5.41, 5.74) is 0. The number of rotatable bonds is 3. The van der Waals surface area contributed by atoms with Crippen LogP contribution in [0.25, 0.3) is 0 Å². The van der Waals surface area contributed by atoms with Crippen molar-refractivity contribution in [3.8, 4) is 12.3 Å². The lowest BCUT2D eigenvalue weighted by Gasteiger charge is -2.01. The first-order valence-corrected chi connectivity index (χ1v) is 2.59. The lowest BCUT2D eigenvalue weighted by atomic mass is 10.4. The molecule has 0 radical (unpaired) electrons. The van der Waals surface area contributed by atoms with Gasteiger partial charge >= 0.3 is 0 Å². The second-order valence-electron chi connectivity index (χ2n) is 1.68. The predicted octanol–water partition coefficient (Wildman–Crippen LogP) is -0.410. The molecule has 0 spiro atoms. The van der Waals surface area contributed by atoms with E-state index in [1.54, 1.807) is 6.92 Å². The van der Waals surface area contributed by atoms with Crippen LogP contribution in [0.5, 0.6) is 0 Å². The lowest BCUT2D eigenvalue weighted by molar-refractivity contribution is 0.193. The highest BCUT2D eigenvalue weighted by atomic mass is 16.3. The van der Waals surface area contributed by atoms with E-state index in [-0.39, 0.29) is 6.10 Å². The van der Waals surface area contributed by atoms with Crippen molar-refractivity contribution in [1.82, 2.24) is 5.32 Å². The van der Waals surface area contributed by atoms with Gasteiger partial charge in [0.2, 0.25) is 0 Å². The summed E-state index contributed by atoms with van der Waals surface area (Å²) in [7, 11) is 0. The zero-order chi connectivity index (χ0) is 6.41. The van der Waals surface area contributed by atoms with Crippen molar-refractivity contribution in [2.24, 2.45) is 0 Å². The maximum Gasteiger partial charge on any atom is 0.0636 e. The minimum absolute atomic E-state index is 0.302. The minimum atomic E-state index is -0.302. The van der Waals surface area contributed by atoms with E-state index < -0.39 is 0 Å². The Balaban J connectivity index is 2.85. The number of terminal acetylenes is 1. The molecule has 46 valence electrons. The van der Waals surface area contributed by atoms with E-state index >= 15 is 0 Å². The molecule has 1 atom stereocenters. The van der Waals surface area contributed by atoms with Gasteiger partial charge in [-0.25, -0.2) is 0 Å². The first-order valence-electron chi connectivity index (χ1n) is 2.59. The molecule has 0 aromatic rings. The molecular formula is C6H11NO. The minimum Gasteiger partial charge on any atom is -0.392 e. The van der Waals surface area contributed by atoms with Crippen molar-refractivity contribution >= 4 is 0 Å². The predicted molar refractivity (Wildman–Crippen MR) is 33.4 cm³/mol. The summed E-state index contributed by atoms with van der Waals surface area (Å²) in [6, 6.07) is 0. The Morgan fingerprint density at radius 3 is 2.88 bits per heavy atom. The average Bonchev–Trinajstić information content (AvgIpc) is 1.66. The van der Waals surface area contributed by atoms with Crippen molar-refractivity contribution in [2.45, 2.75) is 13.0 Å². The first-order chi connectivity index (χ1) is 3.77. The van der Waals surface area contributed by atoms with Crippen molar-refractivity contribution < 1.29 is 5.11 Å². The Morgan fingerprint density at radius 2 is 2.50 bits per heavy atom. The molecule has 8 heavy (non-hydrogen) atoms. The summed E-state index contributed by atoms with van der Waals surface area (Å²) in [6.45, 7) is 2.82. The zero-order valence-corrected chi connectivity index (χ0v) is 5.02. The quantitative estimate of drug-likeness (QED) is 0.385. The fourth-order valence-corrected chi connectivity index (χ4v) is 0.353. The molecule has 0 bridgehead atoms. The summed E-state index contributed by atoms with van der Waals surface area (Å²) < 4.78 is 0. The normalized spacial score (nSPS) is 12.6. The SMILES string of the molecule is C#CCNC[C@H](C)O. The standard InChI is InChI=1S/C6H11NO/c1-3-4-7-5-6(2)8/h1,6-8H,4-5H2,2H3/t6-/m0/s1. The molecule has 0 unspecified atom stereocenters. The third-order valence-electron chi connectivity index (χ3n) is 0.667. The van der Waals surface area contributed by atoms with Gasteiger partial charge in [0.15, 0.2) is 0 Å². The molecule has 0 aliphatic rings. The van der Waals surface area contributed by atoms with Crippen molar-refractivity contribution in [3.05, 3.63) is 0 Å². The number of aliphatic hydroxyl groups excluding tert-OH is 1. The molecular weight excluding hydrogens is 102 g/mol. The van der Waals surface area contributed by atoms with Gasteiger partial charge in [0.05, 0.1) is 12.6 Å². The highest BCUT2D eigenvalue weighted by Crippen LogP contribution is 1.71. The summed E-state index contributed by atoms with van der Waals surface area (Å²) in [5, 5.41) is 11.5. The van der Waals surface area contributed by atoms with E-state index in [9.17, 15) is 0 Å². The molecule has 0 rings (SSSR count). The van der Waals surface area contributed by atoms with Gasteiger partial charge in [-0.15, -0.1) is 6.42 Å². The largest absolute Gasteiger partial charge is 0.392 e. The van der Waals surface area contributed by atoms with Gasteiger partial charge in [-0.05, 0) is 6.92 Å². The molecule has 2 heteroatoms. The number of aliphatic hydroxyl groups is 1. The maximum atomic E-state index is 8.65. The first kappa shape index (κ1) is 7.48. The third-order valence-corrected chi connectivity index (χ3v) is 0.667. The topological polar surface area (TPSA) is 32.3 Å². The van der Waals surface area contributed by atoms with E-state index in [4.69, 9.17) is 11.5 Å². The molecule has 2 N–H and O–H groups in total. The Hall–Kier alpha value is -0.520. The molecule has 0 aromatic heterocycles. The van der Waals surface area contributed by atoms with Gasteiger partial charge in [0.1, 0.15) is 0 Å².